The van der Waals surface area contributed by atoms with Gasteiger partial charge in [-0.15, -0.1) is 11.3 Å². The fourth-order valence-corrected chi connectivity index (χ4v) is 3.91. The van der Waals surface area contributed by atoms with Crippen LogP contribution < -0.4 is 5.32 Å². The third-order valence-electron chi connectivity index (χ3n) is 3.99. The number of benzene rings is 1. The van der Waals surface area contributed by atoms with E-state index in [9.17, 15) is 4.79 Å². The molecule has 1 aliphatic rings. The quantitative estimate of drug-likeness (QED) is 0.939. The highest BCUT2D eigenvalue weighted by Gasteiger charge is 2.21. The van der Waals surface area contributed by atoms with Gasteiger partial charge in [0, 0.05) is 31.1 Å². The molecular formula is C17H21N3OS. The molecule has 1 aromatic carbocycles. The minimum atomic E-state index is -0.0667. The summed E-state index contributed by atoms with van der Waals surface area (Å²) in [6.45, 7) is 4.66. The number of nitrogens with zero attached hydrogens (tertiary/aromatic N) is 2. The molecule has 2 heterocycles. The molecule has 5 heteroatoms. The summed E-state index contributed by atoms with van der Waals surface area (Å²) in [5.41, 5.74) is 1.44. The maximum Gasteiger partial charge on any atom is 0.223 e. The highest BCUT2D eigenvalue weighted by Crippen LogP contribution is 2.28. The van der Waals surface area contributed by atoms with Crippen molar-refractivity contribution in [3.63, 3.8) is 0 Å². The van der Waals surface area contributed by atoms with E-state index in [2.05, 4.69) is 45.5 Å². The van der Waals surface area contributed by atoms with E-state index in [1.807, 2.05) is 6.20 Å². The molecule has 3 rings (SSSR count). The van der Waals surface area contributed by atoms with Crippen molar-refractivity contribution in [3.8, 4) is 0 Å². The molecule has 0 aliphatic carbocycles. The molecule has 1 fully saturated rings. The first-order valence-corrected chi connectivity index (χ1v) is 8.52. The highest BCUT2D eigenvalue weighted by molar-refractivity contribution is 7.15. The molecule has 1 N–H and O–H groups in total. The number of amides is 1. The number of likely N-dealkylation sites (tertiary alicyclic amines) is 1. The van der Waals surface area contributed by atoms with E-state index >= 15 is 0 Å². The van der Waals surface area contributed by atoms with Crippen LogP contribution in [-0.4, -0.2) is 28.9 Å². The summed E-state index contributed by atoms with van der Waals surface area (Å²) in [5, 5.41) is 3.44. The van der Waals surface area contributed by atoms with Gasteiger partial charge in [0.15, 0.2) is 5.13 Å². The zero-order valence-electron chi connectivity index (χ0n) is 12.8. The van der Waals surface area contributed by atoms with Gasteiger partial charge in [-0.25, -0.2) is 4.98 Å². The monoisotopic (exact) mass is 315 g/mol. The second kappa shape index (κ2) is 7.03. The van der Waals surface area contributed by atoms with Crippen LogP contribution in [0.15, 0.2) is 36.5 Å². The highest BCUT2D eigenvalue weighted by atomic mass is 32.1. The van der Waals surface area contributed by atoms with E-state index in [0.29, 0.717) is 11.0 Å². The number of aromatic nitrogens is 1. The average molecular weight is 315 g/mol. The standard InChI is InChI=1S/C17H21N3OS/c1-13(21)19-17-18-10-16(22-17)12-20-9-5-8-15(11-20)14-6-3-2-4-7-14/h2-4,6-7,10,15H,5,8-9,11-12H2,1H3,(H,18,19,21)/t15-/m1/s1. The van der Waals surface area contributed by atoms with Gasteiger partial charge in [-0.1, -0.05) is 30.3 Å². The number of anilines is 1. The SMILES string of the molecule is CC(=O)Nc1ncc(CN2CCC[C@@H](c3ccccc3)C2)s1. The minimum Gasteiger partial charge on any atom is -0.302 e. The Hall–Kier alpha value is -1.72. The Morgan fingerprint density at radius 2 is 2.23 bits per heavy atom. The lowest BCUT2D eigenvalue weighted by Crippen LogP contribution is -2.33. The van der Waals surface area contributed by atoms with Crippen molar-refractivity contribution in [1.82, 2.24) is 9.88 Å². The minimum absolute atomic E-state index is 0.0667. The summed E-state index contributed by atoms with van der Waals surface area (Å²) < 4.78 is 0. The molecule has 0 saturated carbocycles. The van der Waals surface area contributed by atoms with Crippen molar-refractivity contribution >= 4 is 22.4 Å². The first-order chi connectivity index (χ1) is 10.7. The molecule has 1 aliphatic heterocycles. The summed E-state index contributed by atoms with van der Waals surface area (Å²) in [5.74, 6) is 0.556. The number of carbonyl (C=O) groups excluding carboxylic acids is 1. The van der Waals surface area contributed by atoms with Crippen molar-refractivity contribution < 1.29 is 4.79 Å². The summed E-state index contributed by atoms with van der Waals surface area (Å²) in [7, 11) is 0. The molecule has 1 aromatic heterocycles. The predicted molar refractivity (Wildman–Crippen MR) is 90.1 cm³/mol. The summed E-state index contributed by atoms with van der Waals surface area (Å²) >= 11 is 1.57. The number of piperidine rings is 1. The van der Waals surface area contributed by atoms with Gasteiger partial charge >= 0.3 is 0 Å². The number of rotatable bonds is 4. The molecule has 0 unspecified atom stereocenters. The summed E-state index contributed by atoms with van der Waals surface area (Å²) in [4.78, 5) is 19.0. The molecule has 0 bridgehead atoms. The Labute approximate surface area is 135 Å². The molecule has 1 saturated heterocycles. The zero-order chi connectivity index (χ0) is 15.4. The van der Waals surface area contributed by atoms with Gasteiger partial charge in [0.2, 0.25) is 5.91 Å². The predicted octanol–water partition coefficient (Wildman–Crippen LogP) is 3.48. The van der Waals surface area contributed by atoms with Crippen LogP contribution in [0.3, 0.4) is 0 Å². The lowest BCUT2D eigenvalue weighted by molar-refractivity contribution is -0.114. The lowest BCUT2D eigenvalue weighted by atomic mass is 9.91. The van der Waals surface area contributed by atoms with E-state index in [1.54, 1.807) is 11.3 Å². The third-order valence-corrected chi connectivity index (χ3v) is 4.89. The van der Waals surface area contributed by atoms with Crippen LogP contribution in [0.25, 0.3) is 0 Å². The van der Waals surface area contributed by atoms with Gasteiger partial charge in [-0.05, 0) is 30.9 Å². The molecule has 4 nitrogen and oxygen atoms in total. The van der Waals surface area contributed by atoms with Crippen molar-refractivity contribution in [2.24, 2.45) is 0 Å². The van der Waals surface area contributed by atoms with Crippen LogP contribution >= 0.6 is 11.3 Å². The Morgan fingerprint density at radius 3 is 3.00 bits per heavy atom. The van der Waals surface area contributed by atoms with Crippen LogP contribution in [0.2, 0.25) is 0 Å². The number of thiazole rings is 1. The van der Waals surface area contributed by atoms with Crippen LogP contribution in [-0.2, 0) is 11.3 Å². The molecule has 2 aromatic rings. The van der Waals surface area contributed by atoms with Gasteiger partial charge < -0.3 is 5.32 Å². The lowest BCUT2D eigenvalue weighted by Gasteiger charge is -2.32. The van der Waals surface area contributed by atoms with E-state index in [1.165, 1.54) is 30.2 Å². The van der Waals surface area contributed by atoms with Gasteiger partial charge in [-0.3, -0.25) is 9.69 Å². The van der Waals surface area contributed by atoms with Gasteiger partial charge in [0.1, 0.15) is 0 Å². The van der Waals surface area contributed by atoms with Crippen LogP contribution in [0.1, 0.15) is 36.1 Å². The van der Waals surface area contributed by atoms with Crippen molar-refractivity contribution in [2.45, 2.75) is 32.2 Å². The van der Waals surface area contributed by atoms with Crippen LogP contribution in [0.5, 0.6) is 0 Å². The van der Waals surface area contributed by atoms with Crippen molar-refractivity contribution in [1.29, 1.82) is 0 Å². The molecule has 116 valence electrons. The first-order valence-electron chi connectivity index (χ1n) is 7.70. The van der Waals surface area contributed by atoms with Crippen LogP contribution in [0.4, 0.5) is 5.13 Å². The van der Waals surface area contributed by atoms with E-state index in [0.717, 1.165) is 19.6 Å². The van der Waals surface area contributed by atoms with E-state index in [-0.39, 0.29) is 5.91 Å². The van der Waals surface area contributed by atoms with E-state index < -0.39 is 0 Å². The summed E-state index contributed by atoms with van der Waals surface area (Å²) in [6.07, 6.45) is 4.37. The Morgan fingerprint density at radius 1 is 1.41 bits per heavy atom. The smallest absolute Gasteiger partial charge is 0.223 e. The van der Waals surface area contributed by atoms with Crippen molar-refractivity contribution in [2.75, 3.05) is 18.4 Å². The molecule has 22 heavy (non-hydrogen) atoms. The van der Waals surface area contributed by atoms with Crippen molar-refractivity contribution in [3.05, 3.63) is 47.0 Å². The van der Waals surface area contributed by atoms with Gasteiger partial charge in [0.25, 0.3) is 0 Å². The second-order valence-electron chi connectivity index (χ2n) is 5.80. The van der Waals surface area contributed by atoms with Gasteiger partial charge in [-0.2, -0.15) is 0 Å². The zero-order valence-corrected chi connectivity index (χ0v) is 13.6. The fourth-order valence-electron chi connectivity index (χ4n) is 3.01. The van der Waals surface area contributed by atoms with E-state index in [4.69, 9.17) is 0 Å². The largest absolute Gasteiger partial charge is 0.302 e. The second-order valence-corrected chi connectivity index (χ2v) is 6.91. The first kappa shape index (κ1) is 15.2. The fraction of sp³-hybridized carbons (Fsp3) is 0.412. The average Bonchev–Trinajstić information content (AvgIpc) is 2.94. The normalized spacial score (nSPS) is 19.0. The van der Waals surface area contributed by atoms with Crippen LogP contribution in [0, 0.1) is 0 Å². The molecule has 0 radical (unpaired) electrons. The molecule has 1 amide bonds. The number of hydrogen-bond acceptors (Lipinski definition) is 4. The van der Waals surface area contributed by atoms with Gasteiger partial charge in [0.05, 0.1) is 0 Å². The Balaban J connectivity index is 1.60. The third kappa shape index (κ3) is 3.93. The summed E-state index contributed by atoms with van der Waals surface area (Å²) in [6, 6.07) is 10.8. The maximum absolute atomic E-state index is 11.1. The Bertz CT molecular complexity index is 626. The Kier molecular flexibility index (Phi) is 4.85. The number of hydrogen-bond donors (Lipinski definition) is 1. The maximum atomic E-state index is 11.1. The molecular weight excluding hydrogens is 294 g/mol. The topological polar surface area (TPSA) is 45.2 Å². The number of carbonyl (C=O) groups is 1. The number of nitrogens with one attached hydrogen (secondary N) is 1. The molecule has 1 atom stereocenters. The molecule has 0 spiro atoms.